The second kappa shape index (κ2) is 7.68. The molecule has 1 N–H and O–H groups in total. The van der Waals surface area contributed by atoms with Crippen molar-refractivity contribution >= 4 is 35.0 Å². The van der Waals surface area contributed by atoms with E-state index in [9.17, 15) is 14.7 Å². The van der Waals surface area contributed by atoms with Gasteiger partial charge in [-0.3, -0.25) is 9.59 Å². The summed E-state index contributed by atoms with van der Waals surface area (Å²) in [6.07, 6.45) is 1.44. The van der Waals surface area contributed by atoms with Crippen molar-refractivity contribution in [1.82, 2.24) is 0 Å². The second-order valence-corrected chi connectivity index (χ2v) is 7.10. The van der Waals surface area contributed by atoms with E-state index in [1.165, 1.54) is 6.08 Å². The van der Waals surface area contributed by atoms with Crippen LogP contribution < -0.4 is 0 Å². The Morgan fingerprint density at radius 2 is 2.00 bits per heavy atom. The van der Waals surface area contributed by atoms with E-state index >= 15 is 0 Å². The molecule has 1 aromatic carbocycles. The van der Waals surface area contributed by atoms with Crippen LogP contribution in [0.2, 0.25) is 0 Å². The molecule has 0 bridgehead atoms. The van der Waals surface area contributed by atoms with Gasteiger partial charge in [-0.1, -0.05) is 53.0 Å². The van der Waals surface area contributed by atoms with Gasteiger partial charge < -0.3 is 9.84 Å². The van der Waals surface area contributed by atoms with E-state index in [4.69, 9.17) is 27.9 Å². The number of ketones is 1. The Labute approximate surface area is 151 Å². The van der Waals surface area contributed by atoms with Gasteiger partial charge in [0.15, 0.2) is 5.78 Å². The van der Waals surface area contributed by atoms with Gasteiger partial charge in [-0.25, -0.2) is 0 Å². The van der Waals surface area contributed by atoms with Crippen molar-refractivity contribution < 1.29 is 19.4 Å². The van der Waals surface area contributed by atoms with Gasteiger partial charge in [0.25, 0.3) is 0 Å². The lowest BCUT2D eigenvalue weighted by Gasteiger charge is -2.39. The van der Waals surface area contributed by atoms with Gasteiger partial charge in [-0.2, -0.15) is 0 Å². The molecule has 3 atom stereocenters. The largest absolute Gasteiger partial charge is 0.465 e. The highest BCUT2D eigenvalue weighted by Gasteiger charge is 2.48. The van der Waals surface area contributed by atoms with Crippen molar-refractivity contribution in [3.8, 4) is 0 Å². The summed E-state index contributed by atoms with van der Waals surface area (Å²) in [6.45, 7) is 3.79. The van der Waals surface area contributed by atoms with Crippen molar-refractivity contribution in [3.63, 3.8) is 0 Å². The molecule has 1 fully saturated rings. The standard InChI is InChI=1S/C18H20Cl2O4/c1-3-24-17(22)16-12(8-15(19)20)9-18(23,10-14(16)21)13-6-4-11(2)5-7-13/h4-8,12,16,23H,3,9-10H2,1-2H3/t12-,16+,18+/m0/s1. The Kier molecular flexibility index (Phi) is 6.07. The number of aliphatic hydroxyl groups is 1. The summed E-state index contributed by atoms with van der Waals surface area (Å²) in [7, 11) is 0. The molecule has 0 aliphatic heterocycles. The van der Waals surface area contributed by atoms with Crippen molar-refractivity contribution in [1.29, 1.82) is 0 Å². The van der Waals surface area contributed by atoms with Crippen molar-refractivity contribution in [2.24, 2.45) is 11.8 Å². The number of allylic oxidation sites excluding steroid dienone is 1. The summed E-state index contributed by atoms with van der Waals surface area (Å²) < 4.78 is 4.95. The molecule has 1 aliphatic rings. The number of esters is 1. The van der Waals surface area contributed by atoms with E-state index in [2.05, 4.69) is 0 Å². The normalized spacial score (nSPS) is 26.8. The number of hydrogen-bond donors (Lipinski definition) is 1. The zero-order valence-electron chi connectivity index (χ0n) is 13.6. The molecule has 1 saturated carbocycles. The molecule has 1 aliphatic carbocycles. The van der Waals surface area contributed by atoms with E-state index < -0.39 is 23.4 Å². The van der Waals surface area contributed by atoms with Gasteiger partial charge >= 0.3 is 5.97 Å². The third kappa shape index (κ3) is 4.18. The first kappa shape index (κ1) is 19.0. The van der Waals surface area contributed by atoms with Gasteiger partial charge in [0, 0.05) is 12.3 Å². The number of rotatable bonds is 4. The topological polar surface area (TPSA) is 63.6 Å². The average Bonchev–Trinajstić information content (AvgIpc) is 2.46. The van der Waals surface area contributed by atoms with Crippen LogP contribution in [0.25, 0.3) is 0 Å². The highest BCUT2D eigenvalue weighted by molar-refractivity contribution is 6.55. The molecule has 1 aromatic rings. The number of Topliss-reactive ketones (excluding diaryl/α,β-unsaturated/α-hetero) is 1. The van der Waals surface area contributed by atoms with Gasteiger partial charge in [-0.05, 0) is 31.9 Å². The van der Waals surface area contributed by atoms with Crippen molar-refractivity contribution in [2.45, 2.75) is 32.3 Å². The summed E-state index contributed by atoms with van der Waals surface area (Å²) in [5.74, 6) is -2.60. The molecular formula is C18H20Cl2O4. The van der Waals surface area contributed by atoms with E-state index in [0.29, 0.717) is 5.56 Å². The van der Waals surface area contributed by atoms with Gasteiger partial charge in [-0.15, -0.1) is 0 Å². The molecule has 0 aromatic heterocycles. The molecular weight excluding hydrogens is 351 g/mol. The number of benzene rings is 1. The minimum Gasteiger partial charge on any atom is -0.465 e. The monoisotopic (exact) mass is 370 g/mol. The maximum atomic E-state index is 12.6. The van der Waals surface area contributed by atoms with Gasteiger partial charge in [0.05, 0.1) is 12.2 Å². The third-order valence-corrected chi connectivity index (χ3v) is 4.54. The summed E-state index contributed by atoms with van der Waals surface area (Å²) in [6, 6.07) is 7.32. The van der Waals surface area contributed by atoms with Gasteiger partial charge in [0.2, 0.25) is 0 Å². The van der Waals surface area contributed by atoms with Gasteiger partial charge in [0.1, 0.15) is 10.4 Å². The first-order chi connectivity index (χ1) is 11.3. The second-order valence-electron chi connectivity index (χ2n) is 6.09. The van der Waals surface area contributed by atoms with Crippen LogP contribution in [-0.4, -0.2) is 23.5 Å². The number of carbonyl (C=O) groups excluding carboxylic acids is 2. The Morgan fingerprint density at radius 3 is 2.54 bits per heavy atom. The maximum absolute atomic E-state index is 12.6. The number of carbonyl (C=O) groups is 2. The van der Waals surface area contributed by atoms with Crippen LogP contribution in [0.15, 0.2) is 34.8 Å². The van der Waals surface area contributed by atoms with E-state index in [-0.39, 0.29) is 29.7 Å². The van der Waals surface area contributed by atoms with Crippen LogP contribution in [-0.2, 0) is 19.9 Å². The predicted molar refractivity (Wildman–Crippen MR) is 92.7 cm³/mol. The molecule has 130 valence electrons. The van der Waals surface area contributed by atoms with Crippen LogP contribution >= 0.6 is 23.2 Å². The summed E-state index contributed by atoms with van der Waals surface area (Å²) >= 11 is 11.5. The van der Waals surface area contributed by atoms with Crippen LogP contribution in [0.4, 0.5) is 0 Å². The summed E-state index contributed by atoms with van der Waals surface area (Å²) in [5, 5.41) is 11.0. The molecule has 24 heavy (non-hydrogen) atoms. The predicted octanol–water partition coefficient (Wildman–Crippen LogP) is 3.66. The lowest BCUT2D eigenvalue weighted by molar-refractivity contribution is -0.159. The molecule has 6 heteroatoms. The molecule has 0 heterocycles. The Balaban J connectivity index is 2.37. The Bertz CT molecular complexity index is 649. The minimum absolute atomic E-state index is 0.0461. The smallest absolute Gasteiger partial charge is 0.317 e. The highest BCUT2D eigenvalue weighted by Crippen LogP contribution is 2.43. The zero-order chi connectivity index (χ0) is 17.9. The zero-order valence-corrected chi connectivity index (χ0v) is 15.1. The molecule has 4 nitrogen and oxygen atoms in total. The number of ether oxygens (including phenoxy) is 1. The first-order valence-electron chi connectivity index (χ1n) is 7.78. The third-order valence-electron chi connectivity index (χ3n) is 4.28. The maximum Gasteiger partial charge on any atom is 0.317 e. The van der Waals surface area contributed by atoms with E-state index in [1.54, 1.807) is 19.1 Å². The summed E-state index contributed by atoms with van der Waals surface area (Å²) in [4.78, 5) is 24.7. The van der Waals surface area contributed by atoms with Crippen LogP contribution in [0.3, 0.4) is 0 Å². The quantitative estimate of drug-likeness (QED) is 0.648. The lowest BCUT2D eigenvalue weighted by Crippen LogP contribution is -2.45. The molecule has 0 unspecified atom stereocenters. The van der Waals surface area contributed by atoms with E-state index in [0.717, 1.165) is 5.56 Å². The molecule has 2 rings (SSSR count). The van der Waals surface area contributed by atoms with Crippen molar-refractivity contribution in [3.05, 3.63) is 46.0 Å². The molecule has 0 radical (unpaired) electrons. The minimum atomic E-state index is -1.36. The molecule has 0 spiro atoms. The van der Waals surface area contributed by atoms with Crippen molar-refractivity contribution in [2.75, 3.05) is 6.61 Å². The number of aryl methyl sites for hydroxylation is 1. The molecule has 0 amide bonds. The Morgan fingerprint density at radius 1 is 1.38 bits per heavy atom. The summed E-state index contributed by atoms with van der Waals surface area (Å²) in [5.41, 5.74) is 0.319. The fraction of sp³-hybridized carbons (Fsp3) is 0.444. The fourth-order valence-corrected chi connectivity index (χ4v) is 3.48. The number of halogens is 2. The van der Waals surface area contributed by atoms with Crippen LogP contribution in [0.1, 0.15) is 30.9 Å². The first-order valence-corrected chi connectivity index (χ1v) is 8.54. The Hall–Kier alpha value is -1.36. The number of hydrogen-bond acceptors (Lipinski definition) is 4. The van der Waals surface area contributed by atoms with E-state index in [1.807, 2.05) is 19.1 Å². The SMILES string of the molecule is CCOC(=O)[C@H]1C(=O)C[C@@](O)(c2ccc(C)cc2)C[C@@H]1C=C(Cl)Cl. The van der Waals surface area contributed by atoms with Crippen LogP contribution in [0, 0.1) is 18.8 Å². The lowest BCUT2D eigenvalue weighted by atomic mass is 9.68. The average molecular weight is 371 g/mol. The van der Waals surface area contributed by atoms with Crippen LogP contribution in [0.5, 0.6) is 0 Å². The fourth-order valence-electron chi connectivity index (χ4n) is 3.16. The highest BCUT2D eigenvalue weighted by atomic mass is 35.5. The molecule has 0 saturated heterocycles.